The maximum atomic E-state index is 12.0. The van der Waals surface area contributed by atoms with Crippen molar-refractivity contribution in [2.75, 3.05) is 24.1 Å². The SMILES string of the molecule is Nc1cc(S(=O)(=O)NCC(F)(F)F)cnc1NCC1CC1. The average molecular weight is 324 g/mol. The molecule has 0 unspecified atom stereocenters. The third-order valence-electron chi connectivity index (χ3n) is 2.92. The summed E-state index contributed by atoms with van der Waals surface area (Å²) in [4.78, 5) is 3.45. The lowest BCUT2D eigenvalue weighted by Gasteiger charge is -2.11. The van der Waals surface area contributed by atoms with Crippen molar-refractivity contribution in [1.29, 1.82) is 0 Å². The normalized spacial score (nSPS) is 16.0. The minimum atomic E-state index is -4.63. The molecule has 4 N–H and O–H groups in total. The quantitative estimate of drug-likeness (QED) is 0.733. The van der Waals surface area contributed by atoms with Crippen LogP contribution in [0.25, 0.3) is 0 Å². The molecular weight excluding hydrogens is 309 g/mol. The van der Waals surface area contributed by atoms with Crippen LogP contribution in [0.3, 0.4) is 0 Å². The van der Waals surface area contributed by atoms with E-state index in [-0.39, 0.29) is 5.69 Å². The van der Waals surface area contributed by atoms with Crippen molar-refractivity contribution < 1.29 is 21.6 Å². The molecular formula is C11H15F3N4O2S. The first-order chi connectivity index (χ1) is 9.67. The number of hydrogen-bond donors (Lipinski definition) is 3. The standard InChI is InChI=1S/C11H15F3N4O2S/c12-11(13,14)6-18-21(19,20)8-3-9(15)10(17-5-8)16-4-7-1-2-7/h3,5,7,18H,1-2,4,6,15H2,(H,16,17). The second-order valence-corrected chi connectivity index (χ2v) is 6.64. The molecule has 21 heavy (non-hydrogen) atoms. The minimum absolute atomic E-state index is 0.0746. The van der Waals surface area contributed by atoms with Crippen molar-refractivity contribution in [3.05, 3.63) is 12.3 Å². The predicted molar refractivity (Wildman–Crippen MR) is 71.1 cm³/mol. The molecule has 6 nitrogen and oxygen atoms in total. The molecule has 0 saturated heterocycles. The zero-order valence-electron chi connectivity index (χ0n) is 10.9. The van der Waals surface area contributed by atoms with E-state index in [0.717, 1.165) is 25.1 Å². The molecule has 1 aliphatic carbocycles. The fourth-order valence-electron chi connectivity index (χ4n) is 1.58. The number of nitrogens with zero attached hydrogens (tertiary/aromatic N) is 1. The first kappa shape index (κ1) is 15.8. The van der Waals surface area contributed by atoms with Crippen LogP contribution in [0, 0.1) is 5.92 Å². The summed E-state index contributed by atoms with van der Waals surface area (Å²) >= 11 is 0. The van der Waals surface area contributed by atoms with Gasteiger partial charge in [0.2, 0.25) is 10.0 Å². The van der Waals surface area contributed by atoms with Gasteiger partial charge in [0.1, 0.15) is 17.3 Å². The Hall–Kier alpha value is -1.55. The van der Waals surface area contributed by atoms with Gasteiger partial charge in [-0.3, -0.25) is 0 Å². The van der Waals surface area contributed by atoms with Crippen LogP contribution >= 0.6 is 0 Å². The third-order valence-corrected chi connectivity index (χ3v) is 4.29. The Labute approximate surface area is 120 Å². The maximum absolute atomic E-state index is 12.0. The van der Waals surface area contributed by atoms with Crippen LogP contribution in [0.5, 0.6) is 0 Å². The lowest BCUT2D eigenvalue weighted by molar-refractivity contribution is -0.121. The van der Waals surface area contributed by atoms with Gasteiger partial charge in [-0.25, -0.2) is 18.1 Å². The Bertz CT molecular complexity index is 614. The van der Waals surface area contributed by atoms with Gasteiger partial charge in [0.25, 0.3) is 0 Å². The molecule has 0 aliphatic heterocycles. The highest BCUT2D eigenvalue weighted by Gasteiger charge is 2.30. The highest BCUT2D eigenvalue weighted by atomic mass is 32.2. The first-order valence-electron chi connectivity index (χ1n) is 6.23. The van der Waals surface area contributed by atoms with Crippen LogP contribution in [0.15, 0.2) is 17.2 Å². The molecule has 0 amide bonds. The van der Waals surface area contributed by atoms with Gasteiger partial charge in [0.15, 0.2) is 0 Å². The summed E-state index contributed by atoms with van der Waals surface area (Å²) in [5.74, 6) is 0.903. The second kappa shape index (κ2) is 5.68. The van der Waals surface area contributed by atoms with E-state index in [1.165, 1.54) is 4.72 Å². The van der Waals surface area contributed by atoms with E-state index >= 15 is 0 Å². The Morgan fingerprint density at radius 2 is 2.05 bits per heavy atom. The van der Waals surface area contributed by atoms with Gasteiger partial charge in [-0.1, -0.05) is 0 Å². The van der Waals surface area contributed by atoms with Crippen LogP contribution in [0.1, 0.15) is 12.8 Å². The summed E-state index contributed by atoms with van der Waals surface area (Å²) in [5, 5.41) is 2.98. The van der Waals surface area contributed by atoms with Gasteiger partial charge in [0.05, 0.1) is 5.69 Å². The molecule has 2 rings (SSSR count). The molecule has 0 radical (unpaired) electrons. The Morgan fingerprint density at radius 1 is 1.38 bits per heavy atom. The number of rotatable bonds is 6. The largest absolute Gasteiger partial charge is 0.402 e. The summed E-state index contributed by atoms with van der Waals surface area (Å²) in [7, 11) is -4.29. The lowest BCUT2D eigenvalue weighted by Crippen LogP contribution is -2.33. The number of hydrogen-bond acceptors (Lipinski definition) is 5. The predicted octanol–water partition coefficient (Wildman–Crippen LogP) is 1.33. The number of anilines is 2. The van der Waals surface area contributed by atoms with Crippen LogP contribution in [-0.4, -0.2) is 32.7 Å². The molecule has 1 saturated carbocycles. The smallest absolute Gasteiger partial charge is 0.396 e. The van der Waals surface area contributed by atoms with Crippen molar-refractivity contribution in [1.82, 2.24) is 9.71 Å². The Kier molecular flexibility index (Phi) is 4.28. The molecule has 1 aromatic heterocycles. The summed E-state index contributed by atoms with van der Waals surface area (Å²) in [6.45, 7) is -0.952. The fraction of sp³-hybridized carbons (Fsp3) is 0.545. The van der Waals surface area contributed by atoms with Gasteiger partial charge >= 0.3 is 6.18 Å². The van der Waals surface area contributed by atoms with Gasteiger partial charge < -0.3 is 11.1 Å². The topological polar surface area (TPSA) is 97.1 Å². The Morgan fingerprint density at radius 3 is 2.57 bits per heavy atom. The van der Waals surface area contributed by atoms with E-state index in [9.17, 15) is 21.6 Å². The monoisotopic (exact) mass is 324 g/mol. The van der Waals surface area contributed by atoms with Crippen LogP contribution in [-0.2, 0) is 10.0 Å². The van der Waals surface area contributed by atoms with Crippen molar-refractivity contribution in [3.8, 4) is 0 Å². The molecule has 0 aromatic carbocycles. The van der Waals surface area contributed by atoms with Gasteiger partial charge in [-0.15, -0.1) is 0 Å². The van der Waals surface area contributed by atoms with Crippen LogP contribution < -0.4 is 15.8 Å². The number of pyridine rings is 1. The van der Waals surface area contributed by atoms with Crippen molar-refractivity contribution in [2.24, 2.45) is 5.92 Å². The summed E-state index contributed by atoms with van der Waals surface area (Å²) in [6, 6.07) is 1.08. The van der Waals surface area contributed by atoms with Crippen molar-refractivity contribution >= 4 is 21.5 Å². The van der Waals surface area contributed by atoms with Crippen LogP contribution in [0.2, 0.25) is 0 Å². The summed E-state index contributed by atoms with van der Waals surface area (Å²) < 4.78 is 61.0. The molecule has 1 aromatic rings. The zero-order valence-corrected chi connectivity index (χ0v) is 11.8. The molecule has 0 spiro atoms. The molecule has 118 valence electrons. The van der Waals surface area contributed by atoms with Gasteiger partial charge in [0, 0.05) is 12.7 Å². The highest BCUT2D eigenvalue weighted by Crippen LogP contribution is 2.29. The number of sulfonamides is 1. The number of nitrogen functional groups attached to an aromatic ring is 1. The average Bonchev–Trinajstić information content (AvgIpc) is 3.18. The molecule has 1 heterocycles. The molecule has 0 bridgehead atoms. The van der Waals surface area contributed by atoms with Crippen molar-refractivity contribution in [2.45, 2.75) is 23.9 Å². The number of alkyl halides is 3. The maximum Gasteiger partial charge on any atom is 0.402 e. The highest BCUT2D eigenvalue weighted by molar-refractivity contribution is 7.89. The minimum Gasteiger partial charge on any atom is -0.396 e. The van der Waals surface area contributed by atoms with E-state index in [4.69, 9.17) is 5.73 Å². The fourth-order valence-corrected chi connectivity index (χ4v) is 2.57. The zero-order chi connectivity index (χ0) is 15.7. The lowest BCUT2D eigenvalue weighted by atomic mass is 10.3. The summed E-state index contributed by atoms with van der Waals surface area (Å²) in [5.41, 5.74) is 5.74. The second-order valence-electron chi connectivity index (χ2n) is 4.87. The number of nitrogens with two attached hydrogens (primary N) is 1. The third kappa shape index (κ3) is 4.74. The number of nitrogens with one attached hydrogen (secondary N) is 2. The molecule has 1 aliphatic rings. The van der Waals surface area contributed by atoms with Crippen molar-refractivity contribution in [3.63, 3.8) is 0 Å². The molecule has 10 heteroatoms. The number of aromatic nitrogens is 1. The van der Waals surface area contributed by atoms with E-state index in [0.29, 0.717) is 18.3 Å². The first-order valence-corrected chi connectivity index (χ1v) is 7.71. The Balaban J connectivity index is 2.06. The summed E-state index contributed by atoms with van der Waals surface area (Å²) in [6.07, 6.45) is -1.40. The van der Waals surface area contributed by atoms with Gasteiger partial charge in [-0.2, -0.15) is 13.2 Å². The number of halogens is 3. The van der Waals surface area contributed by atoms with Gasteiger partial charge in [-0.05, 0) is 24.8 Å². The van der Waals surface area contributed by atoms with E-state index < -0.39 is 27.6 Å². The van der Waals surface area contributed by atoms with E-state index in [2.05, 4.69) is 10.3 Å². The van der Waals surface area contributed by atoms with E-state index in [1.807, 2.05) is 0 Å². The van der Waals surface area contributed by atoms with E-state index in [1.54, 1.807) is 0 Å². The molecule has 0 atom stereocenters. The van der Waals surface area contributed by atoms with Crippen LogP contribution in [0.4, 0.5) is 24.7 Å². The molecule has 1 fully saturated rings.